The third-order valence-electron chi connectivity index (χ3n) is 14.6. The van der Waals surface area contributed by atoms with Crippen molar-refractivity contribution in [3.8, 4) is 0 Å². The number of anilines is 4. The Bertz CT molecular complexity index is 5290. The summed E-state index contributed by atoms with van der Waals surface area (Å²) >= 11 is 3.24. The molecule has 0 atom stereocenters. The Labute approximate surface area is 655 Å². The van der Waals surface area contributed by atoms with Crippen LogP contribution in [0.15, 0.2) is 251 Å². The molecule has 2 aliphatic rings. The molecule has 5 aromatic heterocycles. The number of urea groups is 1. The summed E-state index contributed by atoms with van der Waals surface area (Å²) in [6.45, 7) is 1.92. The van der Waals surface area contributed by atoms with Crippen LogP contribution in [0.2, 0.25) is 0 Å². The van der Waals surface area contributed by atoms with Gasteiger partial charge in [0.15, 0.2) is 11.3 Å². The van der Waals surface area contributed by atoms with E-state index in [2.05, 4.69) is 107 Å². The summed E-state index contributed by atoms with van der Waals surface area (Å²) in [4.78, 5) is 41.2. The maximum Gasteiger partial charge on any atom is 0.422 e. The Morgan fingerprint density at radius 2 is 1.06 bits per heavy atom. The second-order valence-corrected chi connectivity index (χ2v) is 26.2. The molecule has 2 aliphatic heterocycles. The van der Waals surface area contributed by atoms with Crippen LogP contribution in [0.1, 0.15) is 5.56 Å². The maximum absolute atomic E-state index is 11.3. The quantitative estimate of drug-likeness (QED) is 0.0106. The number of imidazole rings is 1. The Kier molecular flexibility index (Phi) is 31.8. The molecule has 0 bridgehead atoms. The van der Waals surface area contributed by atoms with Crippen molar-refractivity contribution >= 4 is 151 Å². The van der Waals surface area contributed by atoms with Gasteiger partial charge in [-0.2, -0.15) is 4.73 Å². The molecule has 0 aliphatic carbocycles. The number of aryl methyl sites for hydroxylation is 5. The van der Waals surface area contributed by atoms with Crippen LogP contribution in [-0.2, 0) is 37.8 Å². The van der Waals surface area contributed by atoms with Crippen LogP contribution in [0.5, 0.6) is 0 Å². The van der Waals surface area contributed by atoms with Crippen LogP contribution in [-0.4, -0.2) is 84.0 Å². The summed E-state index contributed by atoms with van der Waals surface area (Å²) in [5.74, 6) is -0.838. The van der Waals surface area contributed by atoms with Crippen LogP contribution in [0.4, 0.5) is 66.6 Å². The van der Waals surface area contributed by atoms with E-state index in [1.807, 2.05) is 179 Å². The first-order chi connectivity index (χ1) is 51.5. The Morgan fingerprint density at radius 1 is 0.582 bits per heavy atom. The average Bonchev–Trinajstić information content (AvgIpc) is 1.64. The number of aliphatic imine (C=N–C) groups is 1. The van der Waals surface area contributed by atoms with Gasteiger partial charge in [0.2, 0.25) is 0 Å². The number of barbiturate groups is 1. The first-order valence-corrected chi connectivity index (χ1v) is 35.4. The summed E-state index contributed by atoms with van der Waals surface area (Å²) in [5.41, 5.74) is 29.1. The predicted octanol–water partition coefficient (Wildman–Crippen LogP) is -2.18. The maximum atomic E-state index is 11.3. The predicted molar refractivity (Wildman–Crippen MR) is 383 cm³/mol. The Morgan fingerprint density at radius 3 is 1.55 bits per heavy atom. The number of pyridine rings is 2. The number of hydrogen-bond donors (Lipinski definition) is 7. The number of thiazole rings is 2. The molecule has 10 N–H and O–H groups in total. The lowest BCUT2D eigenvalue weighted by molar-refractivity contribution is -2.00. The zero-order valence-corrected chi connectivity index (χ0v) is 64.9. The number of hydrogen-bond acceptors (Lipinski definition) is 31. The highest BCUT2D eigenvalue weighted by Gasteiger charge is 2.36. The molecule has 110 heavy (non-hydrogen) atoms. The number of carbonyl (C=O) groups excluding carboxylic acids is 3. The number of nitrogens with one attached hydrogen (secondary N) is 3. The molecule has 0 spiro atoms. The number of halogens is 3. The number of imide groups is 2. The van der Waals surface area contributed by atoms with E-state index in [0.717, 1.165) is 65.8 Å². The number of rotatable bonds is 11. The monoisotopic (exact) mass is 1690 g/mol. The number of carbonyl (C=O) groups is 3. The number of fused-ring (bicyclic) bond motifs is 3. The number of nitrogen functional groups attached to an aromatic ring is 2. The number of azo groups is 4. The number of amidine groups is 2. The van der Waals surface area contributed by atoms with Gasteiger partial charge in [0.05, 0.1) is 64.8 Å². The van der Waals surface area contributed by atoms with Gasteiger partial charge in [-0.15, -0.1) is 30.7 Å². The third-order valence-corrected chi connectivity index (χ3v) is 16.8. The van der Waals surface area contributed by atoms with Crippen molar-refractivity contribution in [2.45, 2.75) is 13.0 Å². The molecular formula is C67H70Cl2IN25O13S2. The Hall–Kier alpha value is -12.0. The highest BCUT2D eigenvalue weighted by Crippen LogP contribution is 2.32. The number of dihydropyridines is 1. The molecule has 38 nitrogen and oxygen atoms in total. The fourth-order valence-corrected chi connectivity index (χ4v) is 11.0. The summed E-state index contributed by atoms with van der Waals surface area (Å²) < 4.78 is 79.8. The second kappa shape index (κ2) is 40.3. The minimum atomic E-state index is -4.94. The molecule has 11 aromatic rings. The lowest BCUT2D eigenvalue weighted by atomic mass is 10.1. The molecule has 0 unspecified atom stereocenters. The van der Waals surface area contributed by atoms with Gasteiger partial charge in [0.1, 0.15) is 50.7 Å². The van der Waals surface area contributed by atoms with Crippen LogP contribution in [0.3, 0.4) is 0 Å². The second-order valence-electron chi connectivity index (χ2n) is 22.7. The molecule has 574 valence electrons. The van der Waals surface area contributed by atoms with Gasteiger partial charge in [-0.1, -0.05) is 58.8 Å². The van der Waals surface area contributed by atoms with Crippen LogP contribution in [0, 0.1) is 38.0 Å². The minimum Gasteiger partial charge on any atom is -1.00 e. The van der Waals surface area contributed by atoms with Crippen LogP contribution in [0.25, 0.3) is 31.5 Å². The number of nitrogens with zero attached hydrogens (tertiary/aromatic N) is 19. The number of benzene rings is 6. The highest BCUT2D eigenvalue weighted by atomic mass is 127. The van der Waals surface area contributed by atoms with E-state index in [9.17, 15) is 24.8 Å². The molecule has 0 saturated carbocycles. The van der Waals surface area contributed by atoms with Crippen molar-refractivity contribution in [1.82, 2.24) is 19.9 Å². The number of amides is 4. The van der Waals surface area contributed by atoms with E-state index >= 15 is 0 Å². The summed E-state index contributed by atoms with van der Waals surface area (Å²) in [5, 5.41) is 74.2. The highest BCUT2D eigenvalue weighted by molar-refractivity contribution is 7.21. The van der Waals surface area contributed by atoms with Gasteiger partial charge in [-0.25, -0.2) is 70.1 Å². The van der Waals surface area contributed by atoms with Gasteiger partial charge < -0.3 is 61.4 Å². The molecule has 43 heteroatoms. The smallest absolute Gasteiger partial charge is 0.422 e. The van der Waals surface area contributed by atoms with Crippen molar-refractivity contribution in [3.05, 3.63) is 211 Å². The van der Waals surface area contributed by atoms with E-state index < -0.39 is 44.4 Å². The van der Waals surface area contributed by atoms with Crippen LogP contribution < -0.4 is 123 Å². The number of aromatic nitrogens is 6. The molecule has 1 saturated heterocycles. The molecular weight excluding hydrogens is 1620 g/mol. The largest absolute Gasteiger partial charge is 1.00 e. The summed E-state index contributed by atoms with van der Waals surface area (Å²) in [7, 11) is 6.20. The first-order valence-electron chi connectivity index (χ1n) is 31.3. The fraction of sp³-hybridized carbons (Fsp3) is 0.149. The van der Waals surface area contributed by atoms with E-state index in [-0.39, 0.29) is 52.7 Å². The molecule has 0 radical (unpaired) electrons. The van der Waals surface area contributed by atoms with Crippen molar-refractivity contribution < 1.29 is 120 Å². The van der Waals surface area contributed by atoms with Crippen molar-refractivity contribution in [3.63, 3.8) is 0 Å². The van der Waals surface area contributed by atoms with Crippen molar-refractivity contribution in [1.29, 1.82) is 5.41 Å². The van der Waals surface area contributed by atoms with Crippen molar-refractivity contribution in [2.75, 3.05) is 49.5 Å². The van der Waals surface area contributed by atoms with E-state index in [4.69, 9.17) is 59.9 Å². The van der Waals surface area contributed by atoms with Gasteiger partial charge in [-0.3, -0.25) is 25.6 Å². The van der Waals surface area contributed by atoms with E-state index in [1.54, 1.807) is 59.1 Å². The minimum absolute atomic E-state index is 0. The number of nitrogens with two attached hydrogens (primary N) is 3. The molecule has 1 fully saturated rings. The normalized spacial score (nSPS) is 13.4. The van der Waals surface area contributed by atoms with E-state index in [1.165, 1.54) is 45.5 Å². The fourth-order valence-electron chi connectivity index (χ4n) is 9.10. The SMILES string of the molecule is CN(C)c1ccc(N=Nc2n(C)c3ccccc3[n+]2C)cc1.CN(C)c1ccc(N=Nc2sc3ccccc3[n+]2C)cc1.Cc1cc(N=Nc2sc3ccccc3[n+]2C)c(N)cc1N.N=C1N=C(N)C=CC1=NN=c1ccccn1O.O=C1NC(=O)C(N=Nc2cccc[n+]2[O-])C(=O)N1.[I-].[O-][Cl+3]([O-])([O-])[O-].[O-][Cl+3]([O-])([O-])[O-]. The summed E-state index contributed by atoms with van der Waals surface area (Å²) in [6.07, 6.45) is 5.69. The topological polar surface area (TPSA) is 573 Å². The molecule has 6 aromatic carbocycles. The zero-order chi connectivity index (χ0) is 79.9. The van der Waals surface area contributed by atoms with Gasteiger partial charge in [-0.05, 0) is 173 Å². The molecule has 4 amide bonds. The van der Waals surface area contributed by atoms with Gasteiger partial charge in [0, 0.05) is 62.6 Å². The van der Waals surface area contributed by atoms with Crippen LogP contribution >= 0.6 is 22.7 Å². The van der Waals surface area contributed by atoms with Gasteiger partial charge >= 0.3 is 28.1 Å². The van der Waals surface area contributed by atoms with Gasteiger partial charge in [0.25, 0.3) is 17.9 Å². The van der Waals surface area contributed by atoms with Crippen molar-refractivity contribution in [2.24, 2.45) is 90.0 Å². The zero-order valence-electron chi connectivity index (χ0n) is 59.6. The first kappa shape index (κ1) is 86.9. The third kappa shape index (κ3) is 26.5. The average molecular weight is 1700 g/mol. The summed E-state index contributed by atoms with van der Waals surface area (Å²) in [6, 6.07) is 51.2. The molecule has 7 heterocycles. The molecule has 13 rings (SSSR count). The standard InChI is InChI=1S/C17H20N5.C16H17N4S.C15H15N5S.C10H10N6O.C9H7N5O4.2ClHO4.HI/c1-20(2)14-11-9-13(10-12-14)18-19-17-21(3)15-7-5-6-8-16(15)22(17)4;1-19(2)13-10-8-12(9-11-13)17-18-16-20(3)14-6-4-5-7-15(14)21-16;1-9-7-12(11(17)8-10(9)16)18-19-15-20(2)13-5-3-4-6-14(13)21-15;11-8-5-4-7(10(12)13-8)14-15-9-3-1-2-6-16(9)17;15-7-6(8(16)11-9(17)10-7)13-12-5-3-1-2-4-14(5)18;2*2-1(3,4)5;/h5-12H,1-4H3;4-11H,1-3H3;3-8H,1-2H3,(H3,16,17);1-6,17H,(H3,11,12,13);1-4,6H,(H2,10,11,15,16,17);2*(H,2,3,4,5);1H/q2*+1;;;;;;/p-2. The number of para-hydroxylation sites is 4. The lowest BCUT2D eigenvalue weighted by Gasteiger charge is -2.17. The van der Waals surface area contributed by atoms with E-state index in [0.29, 0.717) is 21.8 Å². The lowest BCUT2D eigenvalue weighted by Crippen LogP contribution is -3.00. The Balaban J connectivity index is 0.000000208.